The number of hydrogen-bond acceptors (Lipinski definition) is 5. The Balaban J connectivity index is 1.35. The van der Waals surface area contributed by atoms with Crippen LogP contribution >= 0.6 is 11.3 Å². The van der Waals surface area contributed by atoms with Crippen molar-refractivity contribution in [2.75, 3.05) is 13.1 Å². The molecular weight excluding hydrogens is 348 g/mol. The fraction of sp³-hybridized carbons (Fsp3) is 0.316. The van der Waals surface area contributed by atoms with Gasteiger partial charge in [0.2, 0.25) is 0 Å². The second-order valence-electron chi connectivity index (χ2n) is 6.28. The molecule has 0 bridgehead atoms. The van der Waals surface area contributed by atoms with Gasteiger partial charge in [-0.2, -0.15) is 5.10 Å². The van der Waals surface area contributed by atoms with Crippen LogP contribution in [-0.4, -0.2) is 38.7 Å². The Kier molecular flexibility index (Phi) is 4.97. The van der Waals surface area contributed by atoms with Crippen LogP contribution < -0.4 is 4.74 Å². The van der Waals surface area contributed by atoms with E-state index in [9.17, 15) is 4.79 Å². The van der Waals surface area contributed by atoms with Gasteiger partial charge in [0.1, 0.15) is 25.0 Å². The summed E-state index contributed by atoms with van der Waals surface area (Å²) in [5.74, 6) is 0.926. The Morgan fingerprint density at radius 3 is 2.69 bits per heavy atom. The van der Waals surface area contributed by atoms with E-state index >= 15 is 0 Å². The lowest BCUT2D eigenvalue weighted by Crippen LogP contribution is -2.35. The van der Waals surface area contributed by atoms with Gasteiger partial charge in [-0.15, -0.1) is 11.3 Å². The van der Waals surface area contributed by atoms with E-state index in [1.165, 1.54) is 12.7 Å². The number of hydrogen-bond donors (Lipinski definition) is 0. The molecule has 0 N–H and O–H groups in total. The quantitative estimate of drug-likeness (QED) is 0.691. The minimum absolute atomic E-state index is 0.143. The van der Waals surface area contributed by atoms with Crippen LogP contribution in [0.2, 0.25) is 0 Å². The van der Waals surface area contributed by atoms with Crippen molar-refractivity contribution >= 4 is 17.2 Å². The van der Waals surface area contributed by atoms with Gasteiger partial charge < -0.3 is 9.64 Å². The van der Waals surface area contributed by atoms with Crippen molar-refractivity contribution < 1.29 is 9.53 Å². The van der Waals surface area contributed by atoms with Crippen LogP contribution in [0.1, 0.15) is 34.5 Å². The zero-order chi connectivity index (χ0) is 17.8. The summed E-state index contributed by atoms with van der Waals surface area (Å²) < 4.78 is 7.54. The molecule has 1 amide bonds. The number of benzene rings is 1. The number of carbonyl (C=O) groups is 1. The molecule has 0 saturated carbocycles. The molecule has 26 heavy (non-hydrogen) atoms. The fourth-order valence-corrected chi connectivity index (χ4v) is 3.81. The molecule has 1 aliphatic heterocycles. The number of amides is 1. The maximum absolute atomic E-state index is 12.5. The minimum Gasteiger partial charge on any atom is -0.488 e. The third-order valence-electron chi connectivity index (χ3n) is 4.45. The van der Waals surface area contributed by atoms with Gasteiger partial charge >= 0.3 is 0 Å². The Hall–Kier alpha value is -2.67. The summed E-state index contributed by atoms with van der Waals surface area (Å²) in [5.41, 5.74) is 1.71. The van der Waals surface area contributed by atoms with Crippen molar-refractivity contribution in [2.24, 2.45) is 0 Å². The average Bonchev–Trinajstić information content (AvgIpc) is 3.39. The third kappa shape index (κ3) is 3.77. The van der Waals surface area contributed by atoms with Gasteiger partial charge in [-0.25, -0.2) is 9.67 Å². The van der Waals surface area contributed by atoms with E-state index in [1.54, 1.807) is 22.3 Å². The van der Waals surface area contributed by atoms with Crippen molar-refractivity contribution in [3.63, 3.8) is 0 Å². The molecule has 0 aliphatic carbocycles. The Morgan fingerprint density at radius 2 is 1.96 bits per heavy atom. The van der Waals surface area contributed by atoms with Gasteiger partial charge in [0, 0.05) is 23.3 Å². The molecule has 4 rings (SSSR count). The van der Waals surface area contributed by atoms with E-state index in [0.29, 0.717) is 6.61 Å². The molecular formula is C19H20N4O2S. The number of nitrogens with zero attached hydrogens (tertiary/aromatic N) is 4. The lowest BCUT2D eigenvalue weighted by molar-refractivity contribution is 0.0725. The number of likely N-dealkylation sites (tertiary alicyclic amines) is 1. The highest BCUT2D eigenvalue weighted by molar-refractivity contribution is 7.10. The van der Waals surface area contributed by atoms with Gasteiger partial charge in [-0.3, -0.25) is 4.79 Å². The van der Waals surface area contributed by atoms with Crippen LogP contribution in [0.5, 0.6) is 5.75 Å². The lowest BCUT2D eigenvalue weighted by Gasteiger charge is -2.26. The second kappa shape index (κ2) is 7.70. The molecule has 1 fully saturated rings. The number of thiophene rings is 1. The first-order valence-electron chi connectivity index (χ1n) is 8.74. The highest BCUT2D eigenvalue weighted by atomic mass is 32.1. The summed E-state index contributed by atoms with van der Waals surface area (Å²) in [7, 11) is 0. The van der Waals surface area contributed by atoms with E-state index < -0.39 is 0 Å². The molecule has 1 saturated heterocycles. The largest absolute Gasteiger partial charge is 0.488 e. The third-order valence-corrected chi connectivity index (χ3v) is 5.36. The molecule has 0 radical (unpaired) electrons. The summed E-state index contributed by atoms with van der Waals surface area (Å²) in [6.45, 7) is 2.21. The molecule has 2 aromatic heterocycles. The van der Waals surface area contributed by atoms with Crippen molar-refractivity contribution in [3.8, 4) is 11.4 Å². The zero-order valence-corrected chi connectivity index (χ0v) is 15.2. The number of ether oxygens (including phenoxy) is 1. The summed E-state index contributed by atoms with van der Waals surface area (Å²) in [5, 5.41) is 6.03. The van der Waals surface area contributed by atoms with Crippen LogP contribution in [0.25, 0.3) is 5.69 Å². The average molecular weight is 368 g/mol. The first-order chi connectivity index (χ1) is 12.8. The molecule has 6 nitrogen and oxygen atoms in total. The van der Waals surface area contributed by atoms with Gasteiger partial charge in [0.25, 0.3) is 5.91 Å². The minimum atomic E-state index is 0.143. The number of carbonyl (C=O) groups excluding carboxylic acids is 1. The monoisotopic (exact) mass is 368 g/mol. The Labute approximate surface area is 156 Å². The molecule has 0 unspecified atom stereocenters. The van der Waals surface area contributed by atoms with Crippen molar-refractivity contribution in [2.45, 2.75) is 25.9 Å². The van der Waals surface area contributed by atoms with E-state index in [1.807, 2.05) is 40.6 Å². The molecule has 0 spiro atoms. The standard InChI is InChI=1S/C19H20N4O2S/c24-19(22-8-2-1-3-9-22)15-10-18(26-12-15)11-25-17-6-4-16(5-7-17)23-14-20-13-21-23/h4-7,10,12-14H,1-3,8-9,11H2. The predicted octanol–water partition coefficient (Wildman–Crippen LogP) is 3.53. The first kappa shape index (κ1) is 16.8. The summed E-state index contributed by atoms with van der Waals surface area (Å²) in [6, 6.07) is 9.63. The van der Waals surface area contributed by atoms with E-state index in [2.05, 4.69) is 10.1 Å². The number of piperidine rings is 1. The van der Waals surface area contributed by atoms with Gasteiger partial charge in [-0.05, 0) is 49.6 Å². The van der Waals surface area contributed by atoms with Crippen molar-refractivity contribution in [1.82, 2.24) is 19.7 Å². The Bertz CT molecular complexity index is 852. The number of rotatable bonds is 5. The Morgan fingerprint density at radius 1 is 1.15 bits per heavy atom. The second-order valence-corrected chi connectivity index (χ2v) is 7.27. The summed E-state index contributed by atoms with van der Waals surface area (Å²) in [4.78, 5) is 19.5. The highest BCUT2D eigenvalue weighted by Crippen LogP contribution is 2.21. The van der Waals surface area contributed by atoms with Crippen LogP contribution in [-0.2, 0) is 6.61 Å². The van der Waals surface area contributed by atoms with Crippen LogP contribution in [0.3, 0.4) is 0 Å². The molecule has 134 valence electrons. The van der Waals surface area contributed by atoms with Crippen LogP contribution in [0.4, 0.5) is 0 Å². The molecule has 3 aromatic rings. The fourth-order valence-electron chi connectivity index (χ4n) is 3.04. The topological polar surface area (TPSA) is 60.3 Å². The SMILES string of the molecule is O=C(c1csc(COc2ccc(-n3cncn3)cc2)c1)N1CCCCC1. The van der Waals surface area contributed by atoms with Crippen molar-refractivity contribution in [3.05, 3.63) is 58.8 Å². The first-order valence-corrected chi connectivity index (χ1v) is 9.62. The number of aromatic nitrogens is 3. The maximum atomic E-state index is 12.5. The molecule has 1 aliphatic rings. The van der Waals surface area contributed by atoms with Crippen LogP contribution in [0, 0.1) is 0 Å². The zero-order valence-electron chi connectivity index (χ0n) is 14.4. The lowest BCUT2D eigenvalue weighted by atomic mass is 10.1. The molecule has 7 heteroatoms. The molecule has 1 aromatic carbocycles. The van der Waals surface area contributed by atoms with Gasteiger partial charge in [-0.1, -0.05) is 0 Å². The van der Waals surface area contributed by atoms with E-state index in [4.69, 9.17) is 4.74 Å². The highest BCUT2D eigenvalue weighted by Gasteiger charge is 2.19. The van der Waals surface area contributed by atoms with Crippen LogP contribution in [0.15, 0.2) is 48.4 Å². The summed E-state index contributed by atoms with van der Waals surface area (Å²) in [6.07, 6.45) is 6.60. The van der Waals surface area contributed by atoms with Gasteiger partial charge in [0.15, 0.2) is 0 Å². The van der Waals surface area contributed by atoms with Crippen molar-refractivity contribution in [1.29, 1.82) is 0 Å². The molecule has 0 atom stereocenters. The summed E-state index contributed by atoms with van der Waals surface area (Å²) >= 11 is 1.57. The van der Waals surface area contributed by atoms with E-state index in [-0.39, 0.29) is 5.91 Å². The maximum Gasteiger partial charge on any atom is 0.254 e. The van der Waals surface area contributed by atoms with E-state index in [0.717, 1.165) is 47.8 Å². The normalized spacial score (nSPS) is 14.4. The molecule has 3 heterocycles. The smallest absolute Gasteiger partial charge is 0.254 e. The van der Waals surface area contributed by atoms with Gasteiger partial charge in [0.05, 0.1) is 11.3 Å². The predicted molar refractivity (Wildman–Crippen MR) is 99.8 cm³/mol.